The molecule has 1 amide bonds. The van der Waals surface area contributed by atoms with E-state index in [1.165, 1.54) is 0 Å². The molecule has 5 nitrogen and oxygen atoms in total. The molecule has 0 saturated carbocycles. The maximum Gasteiger partial charge on any atom is 0.273 e. The number of aromatic nitrogens is 3. The van der Waals surface area contributed by atoms with Gasteiger partial charge in [-0.1, -0.05) is 32.9 Å². The fraction of sp³-hybridized carbons (Fsp3) is 0.300. The third kappa shape index (κ3) is 3.50. The number of carbonyl (C=O) groups excluding carboxylic acids is 1. The van der Waals surface area contributed by atoms with Crippen LogP contribution in [0.15, 0.2) is 48.7 Å². The van der Waals surface area contributed by atoms with Crippen molar-refractivity contribution in [3.05, 3.63) is 65.6 Å². The van der Waals surface area contributed by atoms with Crippen LogP contribution in [0.3, 0.4) is 0 Å². The first-order chi connectivity index (χ1) is 11.8. The molecule has 0 atom stereocenters. The highest BCUT2D eigenvalue weighted by Crippen LogP contribution is 2.27. The number of nitrogens with zero attached hydrogens (tertiary/aromatic N) is 3. The Morgan fingerprint density at radius 2 is 1.88 bits per heavy atom. The first-order valence-corrected chi connectivity index (χ1v) is 8.36. The Morgan fingerprint density at radius 1 is 1.12 bits per heavy atom. The van der Waals surface area contributed by atoms with E-state index in [0.717, 1.165) is 16.9 Å². The monoisotopic (exact) mass is 336 g/mol. The molecule has 0 radical (unpaired) electrons. The molecule has 2 heterocycles. The van der Waals surface area contributed by atoms with Crippen LogP contribution in [0, 0.1) is 6.92 Å². The topological polar surface area (TPSA) is 51.9 Å². The summed E-state index contributed by atoms with van der Waals surface area (Å²) in [7, 11) is 1.85. The van der Waals surface area contributed by atoms with E-state index in [9.17, 15) is 4.79 Å². The Morgan fingerprint density at radius 3 is 2.48 bits per heavy atom. The van der Waals surface area contributed by atoms with Gasteiger partial charge in [0.25, 0.3) is 5.91 Å². The Kier molecular flexibility index (Phi) is 4.25. The van der Waals surface area contributed by atoms with Gasteiger partial charge in [-0.05, 0) is 36.8 Å². The average Bonchev–Trinajstić information content (AvgIpc) is 3.13. The summed E-state index contributed by atoms with van der Waals surface area (Å²) < 4.78 is 3.60. The summed E-state index contributed by atoms with van der Waals surface area (Å²) in [6.45, 7) is 8.37. The lowest BCUT2D eigenvalue weighted by Crippen LogP contribution is -2.17. The highest BCUT2D eigenvalue weighted by atomic mass is 16.2. The lowest BCUT2D eigenvalue weighted by atomic mass is 9.92. The minimum absolute atomic E-state index is 0.112. The molecular formula is C20H24N4O. The Hall–Kier alpha value is -2.82. The third-order valence-electron chi connectivity index (χ3n) is 4.14. The molecule has 1 N–H and O–H groups in total. The van der Waals surface area contributed by atoms with Gasteiger partial charge in [-0.3, -0.25) is 4.79 Å². The van der Waals surface area contributed by atoms with Crippen LogP contribution < -0.4 is 5.32 Å². The predicted molar refractivity (Wildman–Crippen MR) is 100 cm³/mol. The highest BCUT2D eigenvalue weighted by Gasteiger charge is 2.22. The number of hydrogen-bond acceptors (Lipinski definition) is 2. The molecule has 0 spiro atoms. The van der Waals surface area contributed by atoms with Crippen molar-refractivity contribution < 1.29 is 4.79 Å². The summed E-state index contributed by atoms with van der Waals surface area (Å²) >= 11 is 0. The van der Waals surface area contributed by atoms with Crippen molar-refractivity contribution in [3.63, 3.8) is 0 Å². The van der Waals surface area contributed by atoms with E-state index in [0.29, 0.717) is 11.5 Å². The van der Waals surface area contributed by atoms with Crippen molar-refractivity contribution in [1.29, 1.82) is 0 Å². The molecule has 0 bridgehead atoms. The molecule has 0 unspecified atom stereocenters. The molecule has 130 valence electrons. The van der Waals surface area contributed by atoms with Crippen LogP contribution in [0.4, 0.5) is 5.82 Å². The first-order valence-electron chi connectivity index (χ1n) is 8.36. The first kappa shape index (κ1) is 17.0. The number of rotatable bonds is 3. The van der Waals surface area contributed by atoms with Crippen molar-refractivity contribution in [1.82, 2.24) is 14.3 Å². The molecular weight excluding hydrogens is 312 g/mol. The van der Waals surface area contributed by atoms with Crippen LogP contribution in [0.25, 0.3) is 5.69 Å². The maximum absolute atomic E-state index is 12.6. The summed E-state index contributed by atoms with van der Waals surface area (Å²) in [6, 6.07) is 13.7. The smallest absolute Gasteiger partial charge is 0.273 e. The van der Waals surface area contributed by atoms with Gasteiger partial charge in [0, 0.05) is 24.7 Å². The lowest BCUT2D eigenvalue weighted by molar-refractivity contribution is 0.101. The van der Waals surface area contributed by atoms with Gasteiger partial charge in [0.1, 0.15) is 11.5 Å². The lowest BCUT2D eigenvalue weighted by Gasteiger charge is -2.14. The van der Waals surface area contributed by atoms with Gasteiger partial charge in [-0.25, -0.2) is 4.68 Å². The summed E-state index contributed by atoms with van der Waals surface area (Å²) in [6.07, 6.45) is 1.85. The standard InChI is InChI=1S/C20H24N4O/c1-14-8-6-9-15(12-14)24-18(13-17(22-24)20(2,3)4)21-19(25)16-10-7-11-23(16)5/h6-13H,1-5H3,(H,21,25). The number of benzene rings is 1. The number of nitrogens with one attached hydrogen (secondary N) is 1. The predicted octanol–water partition coefficient (Wildman–Crippen LogP) is 4.07. The van der Waals surface area contributed by atoms with Gasteiger partial charge < -0.3 is 9.88 Å². The number of carbonyl (C=O) groups is 1. The molecule has 0 aliphatic heterocycles. The van der Waals surface area contributed by atoms with Gasteiger partial charge in [0.2, 0.25) is 0 Å². The van der Waals surface area contributed by atoms with E-state index in [1.807, 2.05) is 50.5 Å². The zero-order valence-electron chi connectivity index (χ0n) is 15.4. The van der Waals surface area contributed by atoms with Gasteiger partial charge in [0.05, 0.1) is 11.4 Å². The summed E-state index contributed by atoms with van der Waals surface area (Å²) in [5, 5.41) is 7.75. The maximum atomic E-state index is 12.6. The summed E-state index contributed by atoms with van der Waals surface area (Å²) in [5.74, 6) is 0.517. The van der Waals surface area contributed by atoms with Gasteiger partial charge in [-0.2, -0.15) is 5.10 Å². The van der Waals surface area contributed by atoms with Crippen molar-refractivity contribution in [3.8, 4) is 5.69 Å². The molecule has 3 rings (SSSR count). The van der Waals surface area contributed by atoms with E-state index in [2.05, 4.69) is 32.2 Å². The molecule has 0 aliphatic rings. The van der Waals surface area contributed by atoms with Crippen LogP contribution in [0.5, 0.6) is 0 Å². The zero-order valence-corrected chi connectivity index (χ0v) is 15.4. The second-order valence-corrected chi connectivity index (χ2v) is 7.37. The minimum Gasteiger partial charge on any atom is -0.347 e. The zero-order chi connectivity index (χ0) is 18.2. The van der Waals surface area contributed by atoms with Crippen LogP contribution in [0.2, 0.25) is 0 Å². The molecule has 25 heavy (non-hydrogen) atoms. The van der Waals surface area contributed by atoms with E-state index in [-0.39, 0.29) is 11.3 Å². The van der Waals surface area contributed by atoms with Crippen molar-refractivity contribution in [2.24, 2.45) is 7.05 Å². The molecule has 3 aromatic rings. The van der Waals surface area contributed by atoms with E-state index in [1.54, 1.807) is 15.3 Å². The van der Waals surface area contributed by atoms with Crippen molar-refractivity contribution >= 4 is 11.7 Å². The van der Waals surface area contributed by atoms with Crippen LogP contribution in [0.1, 0.15) is 42.5 Å². The van der Waals surface area contributed by atoms with Gasteiger partial charge in [-0.15, -0.1) is 0 Å². The molecule has 0 aliphatic carbocycles. The van der Waals surface area contributed by atoms with Crippen molar-refractivity contribution in [2.75, 3.05) is 5.32 Å². The SMILES string of the molecule is Cc1cccc(-n2nc(C(C)(C)C)cc2NC(=O)c2cccn2C)c1. The molecule has 0 fully saturated rings. The Balaban J connectivity index is 2.04. The fourth-order valence-corrected chi connectivity index (χ4v) is 2.67. The quantitative estimate of drug-likeness (QED) is 0.784. The van der Waals surface area contributed by atoms with Crippen LogP contribution >= 0.6 is 0 Å². The number of amides is 1. The van der Waals surface area contributed by atoms with E-state index >= 15 is 0 Å². The second-order valence-electron chi connectivity index (χ2n) is 7.37. The Bertz CT molecular complexity index is 912. The van der Waals surface area contributed by atoms with E-state index < -0.39 is 0 Å². The molecule has 0 saturated heterocycles. The number of hydrogen-bond donors (Lipinski definition) is 1. The Labute approximate surface area is 148 Å². The van der Waals surface area contributed by atoms with Crippen molar-refractivity contribution in [2.45, 2.75) is 33.1 Å². The van der Waals surface area contributed by atoms with Gasteiger partial charge >= 0.3 is 0 Å². The summed E-state index contributed by atoms with van der Waals surface area (Å²) in [5.41, 5.74) is 3.49. The average molecular weight is 336 g/mol. The fourth-order valence-electron chi connectivity index (χ4n) is 2.67. The molecule has 5 heteroatoms. The van der Waals surface area contributed by atoms with Gasteiger partial charge in [0.15, 0.2) is 0 Å². The highest BCUT2D eigenvalue weighted by molar-refractivity contribution is 6.02. The summed E-state index contributed by atoms with van der Waals surface area (Å²) in [4.78, 5) is 12.6. The van der Waals surface area contributed by atoms with Crippen LogP contribution in [-0.4, -0.2) is 20.3 Å². The number of aryl methyl sites for hydroxylation is 2. The largest absolute Gasteiger partial charge is 0.347 e. The van der Waals surface area contributed by atoms with Crippen LogP contribution in [-0.2, 0) is 12.5 Å². The second kappa shape index (κ2) is 6.24. The number of anilines is 1. The molecule has 1 aromatic carbocycles. The normalized spacial score (nSPS) is 11.6. The third-order valence-corrected chi connectivity index (χ3v) is 4.14. The van der Waals surface area contributed by atoms with E-state index in [4.69, 9.17) is 5.10 Å². The molecule has 2 aromatic heterocycles. The minimum atomic E-state index is -0.151.